The molecule has 7 heteroatoms. The fraction of sp³-hybridized carbons (Fsp3) is 0.667. The van der Waals surface area contributed by atoms with Crippen molar-refractivity contribution in [2.24, 2.45) is 0 Å². The highest BCUT2D eigenvalue weighted by Crippen LogP contribution is 2.26. The third kappa shape index (κ3) is 3.66. The Kier molecular flexibility index (Phi) is 4.65. The van der Waals surface area contributed by atoms with Crippen molar-refractivity contribution in [3.63, 3.8) is 0 Å². The first-order valence-corrected chi connectivity index (χ1v) is 9.35. The van der Waals surface area contributed by atoms with Crippen LogP contribution >= 0.6 is 0 Å². The number of likely N-dealkylation sites (tertiary alicyclic amines) is 1. The molecule has 0 atom stereocenters. The topological polar surface area (TPSA) is 74.9 Å². The Morgan fingerprint density at radius 2 is 1.96 bits per heavy atom. The number of nitrogens with two attached hydrogens (primary N) is 1. The summed E-state index contributed by atoms with van der Waals surface area (Å²) in [6.45, 7) is 5.14. The van der Waals surface area contributed by atoms with Crippen LogP contribution in [0, 0.1) is 0 Å². The minimum atomic E-state index is 0.0456. The first kappa shape index (κ1) is 16.4. The molecule has 1 saturated carbocycles. The van der Waals surface area contributed by atoms with Crippen molar-refractivity contribution in [3.05, 3.63) is 18.3 Å². The second-order valence-electron chi connectivity index (χ2n) is 7.31. The average molecular weight is 345 g/mol. The van der Waals surface area contributed by atoms with Gasteiger partial charge in [0, 0.05) is 44.5 Å². The van der Waals surface area contributed by atoms with E-state index in [1.165, 1.54) is 19.3 Å². The van der Waals surface area contributed by atoms with Crippen LogP contribution in [-0.4, -0.2) is 77.1 Å². The monoisotopic (exact) mass is 345 g/mol. The first-order valence-electron chi connectivity index (χ1n) is 9.35. The number of urea groups is 1. The maximum absolute atomic E-state index is 12.7. The van der Waals surface area contributed by atoms with Gasteiger partial charge in [0.05, 0.1) is 13.1 Å². The lowest BCUT2D eigenvalue weighted by atomic mass is 9.91. The molecule has 0 unspecified atom stereocenters. The molecular formula is C18H27N5O2. The quantitative estimate of drug-likeness (QED) is 0.896. The molecule has 136 valence electrons. The standard InChI is InChI=1S/C18H27N5O2/c19-17-11-15(5-6-20-17)25-16-12-23(13-16)18(24)22-8-2-7-21(9-10-22)14-3-1-4-14/h5-6,11,14,16H,1-4,7-10,12-13H2,(H2,19,20). The third-order valence-corrected chi connectivity index (χ3v) is 5.57. The zero-order valence-electron chi connectivity index (χ0n) is 14.6. The largest absolute Gasteiger partial charge is 0.487 e. The van der Waals surface area contributed by atoms with Gasteiger partial charge < -0.3 is 20.3 Å². The number of nitrogens with zero attached hydrogens (tertiary/aromatic N) is 4. The number of aromatic nitrogens is 1. The molecule has 7 nitrogen and oxygen atoms in total. The number of hydrogen-bond donors (Lipinski definition) is 1. The number of carbonyl (C=O) groups excluding carboxylic acids is 1. The number of pyridine rings is 1. The van der Waals surface area contributed by atoms with Crippen LogP contribution in [0.25, 0.3) is 0 Å². The molecule has 3 heterocycles. The Hall–Kier alpha value is -2.02. The summed E-state index contributed by atoms with van der Waals surface area (Å²) in [5.41, 5.74) is 5.66. The summed E-state index contributed by atoms with van der Waals surface area (Å²) in [5, 5.41) is 0. The Bertz CT molecular complexity index is 615. The Morgan fingerprint density at radius 1 is 1.12 bits per heavy atom. The van der Waals surface area contributed by atoms with Crippen LogP contribution in [0.4, 0.5) is 10.6 Å². The molecule has 0 spiro atoms. The molecule has 3 fully saturated rings. The fourth-order valence-corrected chi connectivity index (χ4v) is 3.81. The van der Waals surface area contributed by atoms with E-state index in [0.29, 0.717) is 18.9 Å². The maximum atomic E-state index is 12.7. The van der Waals surface area contributed by atoms with Crippen LogP contribution in [0.5, 0.6) is 5.75 Å². The van der Waals surface area contributed by atoms with Gasteiger partial charge in [-0.1, -0.05) is 6.42 Å². The predicted octanol–water partition coefficient (Wildman–Crippen LogP) is 1.41. The number of ether oxygens (including phenoxy) is 1. The van der Waals surface area contributed by atoms with Crippen molar-refractivity contribution in [1.29, 1.82) is 0 Å². The lowest BCUT2D eigenvalue weighted by molar-refractivity contribution is 0.0308. The minimum absolute atomic E-state index is 0.0456. The van der Waals surface area contributed by atoms with Gasteiger partial charge in [0.2, 0.25) is 0 Å². The molecule has 0 aromatic carbocycles. The number of hydrogen-bond acceptors (Lipinski definition) is 5. The lowest BCUT2D eigenvalue weighted by Crippen LogP contribution is -2.60. The number of nitrogen functional groups attached to an aromatic ring is 1. The highest BCUT2D eigenvalue weighted by molar-refractivity contribution is 5.75. The molecule has 3 aliphatic rings. The summed E-state index contributed by atoms with van der Waals surface area (Å²) in [6, 6.07) is 4.44. The normalized spacial score (nSPS) is 22.9. The van der Waals surface area contributed by atoms with Gasteiger partial charge >= 0.3 is 6.03 Å². The predicted molar refractivity (Wildman–Crippen MR) is 95.4 cm³/mol. The lowest BCUT2D eigenvalue weighted by Gasteiger charge is -2.41. The van der Waals surface area contributed by atoms with Crippen LogP contribution in [0.15, 0.2) is 18.3 Å². The van der Waals surface area contributed by atoms with Crippen molar-refractivity contribution in [3.8, 4) is 5.75 Å². The van der Waals surface area contributed by atoms with Gasteiger partial charge in [0.1, 0.15) is 17.7 Å². The van der Waals surface area contributed by atoms with Gasteiger partial charge in [-0.2, -0.15) is 0 Å². The molecule has 1 aromatic heterocycles. The zero-order chi connectivity index (χ0) is 17.2. The van der Waals surface area contributed by atoms with Crippen molar-refractivity contribution in [1.82, 2.24) is 19.7 Å². The average Bonchev–Trinajstić information content (AvgIpc) is 2.74. The van der Waals surface area contributed by atoms with Gasteiger partial charge in [0.15, 0.2) is 0 Å². The highest BCUT2D eigenvalue weighted by atomic mass is 16.5. The minimum Gasteiger partial charge on any atom is -0.487 e. The second kappa shape index (κ2) is 7.07. The fourth-order valence-electron chi connectivity index (χ4n) is 3.81. The summed E-state index contributed by atoms with van der Waals surface area (Å²) in [4.78, 5) is 23.1. The molecular weight excluding hydrogens is 318 g/mol. The summed E-state index contributed by atoms with van der Waals surface area (Å²) >= 11 is 0. The highest BCUT2D eigenvalue weighted by Gasteiger charge is 2.36. The van der Waals surface area contributed by atoms with E-state index < -0.39 is 0 Å². The molecule has 0 radical (unpaired) electrons. The van der Waals surface area contributed by atoms with Crippen LogP contribution in [0.1, 0.15) is 25.7 Å². The number of rotatable bonds is 3. The van der Waals surface area contributed by atoms with E-state index in [1.54, 1.807) is 18.3 Å². The van der Waals surface area contributed by atoms with E-state index in [9.17, 15) is 4.79 Å². The van der Waals surface area contributed by atoms with Crippen LogP contribution in [-0.2, 0) is 0 Å². The van der Waals surface area contributed by atoms with E-state index >= 15 is 0 Å². The van der Waals surface area contributed by atoms with E-state index in [1.807, 2.05) is 9.80 Å². The van der Waals surface area contributed by atoms with Crippen molar-refractivity contribution in [2.75, 3.05) is 45.0 Å². The maximum Gasteiger partial charge on any atom is 0.320 e. The SMILES string of the molecule is Nc1cc(OC2CN(C(=O)N3CCCN(C4CCC4)CC3)C2)ccn1. The van der Waals surface area contributed by atoms with Gasteiger partial charge in [-0.15, -0.1) is 0 Å². The molecule has 4 rings (SSSR count). The van der Waals surface area contributed by atoms with Crippen LogP contribution < -0.4 is 10.5 Å². The molecule has 2 amide bonds. The molecule has 1 aromatic rings. The molecule has 2 aliphatic heterocycles. The van der Waals surface area contributed by atoms with E-state index in [0.717, 1.165) is 44.4 Å². The van der Waals surface area contributed by atoms with Crippen LogP contribution in [0.2, 0.25) is 0 Å². The van der Waals surface area contributed by atoms with Crippen molar-refractivity contribution >= 4 is 11.8 Å². The molecule has 25 heavy (non-hydrogen) atoms. The molecule has 0 bridgehead atoms. The number of amides is 2. The molecule has 2 saturated heterocycles. The van der Waals surface area contributed by atoms with Gasteiger partial charge in [-0.3, -0.25) is 4.90 Å². The molecule has 1 aliphatic carbocycles. The molecule has 2 N–H and O–H groups in total. The summed E-state index contributed by atoms with van der Waals surface area (Å²) in [5.74, 6) is 1.17. The zero-order valence-corrected chi connectivity index (χ0v) is 14.6. The Balaban J connectivity index is 1.24. The van der Waals surface area contributed by atoms with Gasteiger partial charge in [-0.25, -0.2) is 9.78 Å². The van der Waals surface area contributed by atoms with Gasteiger partial charge in [-0.05, 0) is 25.3 Å². The smallest absolute Gasteiger partial charge is 0.320 e. The van der Waals surface area contributed by atoms with Gasteiger partial charge in [0.25, 0.3) is 0 Å². The summed E-state index contributed by atoms with van der Waals surface area (Å²) < 4.78 is 5.85. The summed E-state index contributed by atoms with van der Waals surface area (Å²) in [7, 11) is 0. The number of anilines is 1. The second-order valence-corrected chi connectivity index (χ2v) is 7.31. The van der Waals surface area contributed by atoms with Crippen molar-refractivity contribution in [2.45, 2.75) is 37.8 Å². The Labute approximate surface area is 148 Å². The summed E-state index contributed by atoms with van der Waals surface area (Å²) in [6.07, 6.45) is 6.78. The van der Waals surface area contributed by atoms with E-state index in [2.05, 4.69) is 9.88 Å². The Morgan fingerprint density at radius 3 is 2.68 bits per heavy atom. The first-order chi connectivity index (χ1) is 12.2. The van der Waals surface area contributed by atoms with Crippen LogP contribution in [0.3, 0.4) is 0 Å². The van der Waals surface area contributed by atoms with Crippen molar-refractivity contribution < 1.29 is 9.53 Å². The van der Waals surface area contributed by atoms with E-state index in [4.69, 9.17) is 10.5 Å². The van der Waals surface area contributed by atoms with E-state index in [-0.39, 0.29) is 12.1 Å². The number of carbonyl (C=O) groups is 1. The third-order valence-electron chi connectivity index (χ3n) is 5.57.